The fourth-order valence-electron chi connectivity index (χ4n) is 2.90. The summed E-state index contributed by atoms with van der Waals surface area (Å²) in [6, 6.07) is 4.76. The van der Waals surface area contributed by atoms with Crippen molar-refractivity contribution in [3.8, 4) is 5.75 Å². The van der Waals surface area contributed by atoms with Crippen molar-refractivity contribution in [2.45, 2.75) is 19.5 Å². The third-order valence-electron chi connectivity index (χ3n) is 4.26. The van der Waals surface area contributed by atoms with E-state index in [0.717, 1.165) is 12.1 Å². The van der Waals surface area contributed by atoms with Crippen molar-refractivity contribution in [1.29, 1.82) is 0 Å². The molecule has 3 N–H and O–H groups in total. The van der Waals surface area contributed by atoms with Crippen molar-refractivity contribution in [3.05, 3.63) is 29.8 Å². The Labute approximate surface area is 155 Å². The number of halogens is 3. The van der Waals surface area contributed by atoms with Crippen LogP contribution in [0.4, 0.5) is 13.2 Å². The van der Waals surface area contributed by atoms with Gasteiger partial charge in [-0.15, -0.1) is 0 Å². The van der Waals surface area contributed by atoms with Gasteiger partial charge in [0.1, 0.15) is 5.75 Å². The number of carbonyl (C=O) groups is 2. The minimum atomic E-state index is -4.41. The van der Waals surface area contributed by atoms with Gasteiger partial charge in [-0.05, 0) is 24.6 Å². The highest BCUT2D eigenvalue weighted by molar-refractivity contribution is 5.79. The Morgan fingerprint density at radius 2 is 1.96 bits per heavy atom. The molecule has 1 aromatic carbocycles. The van der Waals surface area contributed by atoms with E-state index in [4.69, 9.17) is 4.74 Å². The van der Waals surface area contributed by atoms with Crippen molar-refractivity contribution < 1.29 is 27.5 Å². The predicted octanol–water partition coefficient (Wildman–Crippen LogP) is 1.56. The van der Waals surface area contributed by atoms with E-state index in [-0.39, 0.29) is 36.0 Å². The Balaban J connectivity index is 1.79. The van der Waals surface area contributed by atoms with Gasteiger partial charge in [0, 0.05) is 39.0 Å². The van der Waals surface area contributed by atoms with Gasteiger partial charge < -0.3 is 20.7 Å². The number of ether oxygens (including phenoxy) is 1. The highest BCUT2D eigenvalue weighted by Gasteiger charge is 2.31. The Bertz CT molecular complexity index is 652. The lowest BCUT2D eigenvalue weighted by molar-refractivity contribution is -0.137. The first-order chi connectivity index (χ1) is 12.8. The molecule has 27 heavy (non-hydrogen) atoms. The van der Waals surface area contributed by atoms with Crippen molar-refractivity contribution in [2.24, 2.45) is 11.8 Å². The Morgan fingerprint density at radius 1 is 1.22 bits per heavy atom. The Hall–Kier alpha value is -2.29. The smallest absolute Gasteiger partial charge is 0.416 e. The van der Waals surface area contributed by atoms with Gasteiger partial charge in [0.2, 0.25) is 11.8 Å². The van der Waals surface area contributed by atoms with E-state index in [0.29, 0.717) is 32.6 Å². The van der Waals surface area contributed by atoms with Crippen molar-refractivity contribution in [3.63, 3.8) is 0 Å². The summed E-state index contributed by atoms with van der Waals surface area (Å²) in [4.78, 5) is 23.0. The molecule has 1 aliphatic heterocycles. The van der Waals surface area contributed by atoms with Crippen LogP contribution in [0.3, 0.4) is 0 Å². The first-order valence-corrected chi connectivity index (χ1v) is 8.78. The molecule has 2 amide bonds. The van der Waals surface area contributed by atoms with E-state index >= 15 is 0 Å². The second kappa shape index (κ2) is 9.59. The normalized spacial score (nSPS) is 20.0. The number of piperidine rings is 1. The average molecular weight is 387 g/mol. The minimum Gasteiger partial charge on any atom is -0.493 e. The van der Waals surface area contributed by atoms with Gasteiger partial charge in [0.15, 0.2) is 0 Å². The molecule has 6 nitrogen and oxygen atoms in total. The lowest BCUT2D eigenvalue weighted by atomic mass is 9.90. The van der Waals surface area contributed by atoms with Gasteiger partial charge >= 0.3 is 6.18 Å². The molecule has 1 fully saturated rings. The second-order valence-electron chi connectivity index (χ2n) is 6.57. The topological polar surface area (TPSA) is 79.5 Å². The maximum atomic E-state index is 12.7. The summed E-state index contributed by atoms with van der Waals surface area (Å²) >= 11 is 0. The zero-order chi connectivity index (χ0) is 19.9. The number of alkyl halides is 3. The standard InChI is InChI=1S/C18H24F3N3O3/c1-12(25)23-5-6-24-17(26)14-7-13(9-22-10-14)11-27-16-4-2-3-15(8-16)18(19,20)21/h2-4,8,13-14,22H,5-7,9-11H2,1H3,(H,23,25)(H,24,26)/t13-,14+/m0/s1. The molecule has 9 heteroatoms. The van der Waals surface area contributed by atoms with E-state index in [1.807, 2.05) is 0 Å². The first kappa shape index (κ1) is 21.0. The van der Waals surface area contributed by atoms with Gasteiger partial charge in [-0.1, -0.05) is 6.07 Å². The molecular weight excluding hydrogens is 363 g/mol. The molecule has 1 aliphatic rings. The number of carbonyl (C=O) groups excluding carboxylic acids is 2. The summed E-state index contributed by atoms with van der Waals surface area (Å²) in [6.07, 6.45) is -3.83. The number of rotatable bonds is 7. The molecule has 0 aromatic heterocycles. The first-order valence-electron chi connectivity index (χ1n) is 8.78. The average Bonchev–Trinajstić information content (AvgIpc) is 2.63. The lowest BCUT2D eigenvalue weighted by Gasteiger charge is -2.29. The third-order valence-corrected chi connectivity index (χ3v) is 4.26. The van der Waals surface area contributed by atoms with Gasteiger partial charge in [-0.3, -0.25) is 9.59 Å². The molecule has 1 aromatic rings. The van der Waals surface area contributed by atoms with Crippen molar-refractivity contribution in [2.75, 3.05) is 32.8 Å². The Morgan fingerprint density at radius 3 is 2.67 bits per heavy atom. The van der Waals surface area contributed by atoms with Crippen LogP contribution in [0.25, 0.3) is 0 Å². The summed E-state index contributed by atoms with van der Waals surface area (Å²) in [5.41, 5.74) is -0.752. The van der Waals surface area contributed by atoms with E-state index in [9.17, 15) is 22.8 Å². The monoisotopic (exact) mass is 387 g/mol. The number of hydrogen-bond donors (Lipinski definition) is 3. The molecule has 1 heterocycles. The minimum absolute atomic E-state index is 0.0133. The molecule has 0 aliphatic carbocycles. The summed E-state index contributed by atoms with van der Waals surface area (Å²) in [7, 11) is 0. The molecule has 0 saturated carbocycles. The van der Waals surface area contributed by atoms with Crippen molar-refractivity contribution in [1.82, 2.24) is 16.0 Å². The number of amides is 2. The zero-order valence-corrected chi connectivity index (χ0v) is 15.1. The molecular formula is C18H24F3N3O3. The van der Waals surface area contributed by atoms with Crippen LogP contribution >= 0.6 is 0 Å². The summed E-state index contributed by atoms with van der Waals surface area (Å²) in [5.74, 6) is -0.343. The van der Waals surface area contributed by atoms with Gasteiger partial charge in [0.05, 0.1) is 18.1 Å². The van der Waals surface area contributed by atoms with E-state index in [2.05, 4.69) is 16.0 Å². The molecule has 2 atom stereocenters. The zero-order valence-electron chi connectivity index (χ0n) is 15.1. The van der Waals surface area contributed by atoms with E-state index in [1.165, 1.54) is 19.1 Å². The largest absolute Gasteiger partial charge is 0.493 e. The molecule has 2 rings (SSSR count). The van der Waals surface area contributed by atoms with Crippen LogP contribution in [-0.2, 0) is 15.8 Å². The maximum absolute atomic E-state index is 12.7. The van der Waals surface area contributed by atoms with Crippen LogP contribution in [0, 0.1) is 11.8 Å². The fourth-order valence-corrected chi connectivity index (χ4v) is 2.90. The molecule has 0 radical (unpaired) electrons. The summed E-state index contributed by atoms with van der Waals surface area (Å²) < 4.78 is 43.7. The van der Waals surface area contributed by atoms with E-state index in [1.54, 1.807) is 0 Å². The molecule has 0 unspecified atom stereocenters. The van der Waals surface area contributed by atoms with Crippen LogP contribution in [0.15, 0.2) is 24.3 Å². The van der Waals surface area contributed by atoms with Gasteiger partial charge in [-0.25, -0.2) is 0 Å². The molecule has 0 bridgehead atoms. The number of benzene rings is 1. The predicted molar refractivity (Wildman–Crippen MR) is 93.1 cm³/mol. The molecule has 150 valence electrons. The summed E-state index contributed by atoms with van der Waals surface area (Å²) in [5, 5.41) is 8.52. The van der Waals surface area contributed by atoms with Crippen LogP contribution in [-0.4, -0.2) is 44.6 Å². The fraction of sp³-hybridized carbons (Fsp3) is 0.556. The highest BCUT2D eigenvalue weighted by atomic mass is 19.4. The van der Waals surface area contributed by atoms with Crippen LogP contribution in [0.2, 0.25) is 0 Å². The SMILES string of the molecule is CC(=O)NCCNC(=O)[C@H]1CNC[C@@H](COc2cccc(C(F)(F)F)c2)C1. The number of hydrogen-bond acceptors (Lipinski definition) is 4. The number of nitrogens with one attached hydrogen (secondary N) is 3. The summed E-state index contributed by atoms with van der Waals surface area (Å²) in [6.45, 7) is 3.51. The second-order valence-corrected chi connectivity index (χ2v) is 6.57. The molecule has 0 spiro atoms. The van der Waals surface area contributed by atoms with Crippen LogP contribution in [0.1, 0.15) is 18.9 Å². The van der Waals surface area contributed by atoms with Crippen LogP contribution < -0.4 is 20.7 Å². The quantitative estimate of drug-likeness (QED) is 0.621. The van der Waals surface area contributed by atoms with Crippen LogP contribution in [0.5, 0.6) is 5.75 Å². The lowest BCUT2D eigenvalue weighted by Crippen LogP contribution is -2.46. The maximum Gasteiger partial charge on any atom is 0.416 e. The van der Waals surface area contributed by atoms with Gasteiger partial charge in [0.25, 0.3) is 0 Å². The highest BCUT2D eigenvalue weighted by Crippen LogP contribution is 2.31. The van der Waals surface area contributed by atoms with E-state index < -0.39 is 11.7 Å². The molecule has 1 saturated heterocycles. The van der Waals surface area contributed by atoms with Gasteiger partial charge in [-0.2, -0.15) is 13.2 Å². The van der Waals surface area contributed by atoms with Crippen molar-refractivity contribution >= 4 is 11.8 Å². The Kier molecular flexibility index (Phi) is 7.46. The third kappa shape index (κ3) is 7.09.